The smallest absolute Gasteiger partial charge is 0.413 e. The van der Waals surface area contributed by atoms with E-state index < -0.39 is 0 Å². The van der Waals surface area contributed by atoms with E-state index in [9.17, 15) is 0 Å². The molecule has 6 aromatic rings. The van der Waals surface area contributed by atoms with E-state index >= 15 is 0 Å². The van der Waals surface area contributed by atoms with Gasteiger partial charge in [0, 0.05) is 34.6 Å². The van der Waals surface area contributed by atoms with E-state index in [0.29, 0.717) is 30.4 Å². The Balaban J connectivity index is 0.000000175. The lowest BCUT2D eigenvalue weighted by atomic mass is 9.42. The molecule has 0 unspecified atom stereocenters. The summed E-state index contributed by atoms with van der Waals surface area (Å²) in [4.78, 5) is 0. The van der Waals surface area contributed by atoms with E-state index in [1.807, 2.05) is 58.2 Å². The van der Waals surface area contributed by atoms with Crippen LogP contribution >= 0.6 is 15.9 Å². The zero-order valence-electron chi connectivity index (χ0n) is 39.4. The van der Waals surface area contributed by atoms with Crippen molar-refractivity contribution in [3.8, 4) is 33.6 Å². The standard InChI is InChI=1S/C26H29BN2.C21H23BrN2.C8H14BNO/c1-19(2)24-12-9-13-25(20(3)4)26(24)21-17-28-29(18-21)23-11-8-10-22(16-23)27-14-6-5-7-15-27;1-14(2)19-9-6-10-20(15(3)4)21(19)16-12-23-24(13-16)18-8-5-7-17(22)11-18;1-2-3-8-11-9-6-4-5-7-10-9/h5-14,16-20H,15H2,1-4H3;5-15H,1-4H3;4-7,10H,2-3,8H2,1H3. The number of aromatic nitrogens is 4. The van der Waals surface area contributed by atoms with E-state index in [4.69, 9.17) is 9.75 Å². The van der Waals surface area contributed by atoms with E-state index in [1.54, 1.807) is 0 Å². The molecule has 2 aliphatic heterocycles. The quantitative estimate of drug-likeness (QED) is 0.0926. The van der Waals surface area contributed by atoms with Gasteiger partial charge < -0.3 is 9.88 Å². The van der Waals surface area contributed by atoms with Gasteiger partial charge >= 0.3 is 7.05 Å². The third kappa shape index (κ3) is 12.7. The molecular formula is C55H66B2BrN5O. The second-order valence-corrected chi connectivity index (χ2v) is 18.8. The molecular weight excluding hydrogens is 848 g/mol. The Labute approximate surface area is 393 Å². The fourth-order valence-corrected chi connectivity index (χ4v) is 8.57. The first kappa shape index (κ1) is 48.1. The zero-order valence-corrected chi connectivity index (χ0v) is 41.0. The normalized spacial score (nSPS) is 13.1. The van der Waals surface area contributed by atoms with Crippen molar-refractivity contribution in [3.63, 3.8) is 0 Å². The number of allylic oxidation sites excluding steroid dienone is 5. The summed E-state index contributed by atoms with van der Waals surface area (Å²) in [5, 5.41) is 12.4. The van der Waals surface area contributed by atoms with Crippen LogP contribution in [0.15, 0.2) is 163 Å². The Bertz CT molecular complexity index is 2490. The largest absolute Gasteiger partial charge is 0.441 e. The second-order valence-electron chi connectivity index (χ2n) is 17.9. The summed E-state index contributed by atoms with van der Waals surface area (Å²) in [6, 6.07) is 30.3. The van der Waals surface area contributed by atoms with Crippen molar-refractivity contribution in [2.75, 3.05) is 6.61 Å². The minimum absolute atomic E-state index is 0.0894. The summed E-state index contributed by atoms with van der Waals surface area (Å²) in [7, 11) is 0.0894. The Kier molecular flexibility index (Phi) is 17.7. The predicted octanol–water partition coefficient (Wildman–Crippen LogP) is 14.2. The van der Waals surface area contributed by atoms with E-state index in [1.165, 1.54) is 56.4 Å². The highest BCUT2D eigenvalue weighted by Crippen LogP contribution is 2.37. The lowest BCUT2D eigenvalue weighted by molar-refractivity contribution is 0.312. The highest BCUT2D eigenvalue weighted by Gasteiger charge is 2.20. The van der Waals surface area contributed by atoms with E-state index in [-0.39, 0.29) is 7.05 Å². The molecule has 0 amide bonds. The van der Waals surface area contributed by atoms with Gasteiger partial charge in [0.25, 0.3) is 0 Å². The number of nitrogens with one attached hydrogen (secondary N) is 1. The molecule has 0 atom stereocenters. The molecule has 0 fully saturated rings. The SMILES string of the molecule is CC(C)c1cccc(C(C)C)c1-c1cnn(-c2cccc(B3C=CC=CC3)c2)c1.CC(C)c1cccc(C(C)C)c1-c1cnn(-c2cccc(Br)c2)c1.CCCCOB1C=CC=CN1. The van der Waals surface area contributed by atoms with Crippen LogP contribution in [0.3, 0.4) is 0 Å². The Morgan fingerprint density at radius 2 is 1.16 bits per heavy atom. The van der Waals surface area contributed by atoms with Gasteiger partial charge in [-0.2, -0.15) is 10.2 Å². The first-order valence-corrected chi connectivity index (χ1v) is 24.0. The lowest BCUT2D eigenvalue weighted by Crippen LogP contribution is -2.33. The van der Waals surface area contributed by atoms with Crippen LogP contribution in [0.5, 0.6) is 0 Å². The third-order valence-electron chi connectivity index (χ3n) is 11.7. The molecule has 0 bridgehead atoms. The number of benzene rings is 4. The van der Waals surface area contributed by atoms with Gasteiger partial charge in [0.15, 0.2) is 0 Å². The highest BCUT2D eigenvalue weighted by molar-refractivity contribution is 9.10. The van der Waals surface area contributed by atoms with Crippen LogP contribution in [-0.2, 0) is 4.65 Å². The average Bonchev–Trinajstić information content (AvgIpc) is 4.01. The summed E-state index contributed by atoms with van der Waals surface area (Å²) in [5.41, 5.74) is 14.1. The van der Waals surface area contributed by atoms with Crippen LogP contribution in [0.4, 0.5) is 0 Å². The van der Waals surface area contributed by atoms with Gasteiger partial charge in [-0.05, 0) is 112 Å². The van der Waals surface area contributed by atoms with Crippen LogP contribution in [-0.4, -0.2) is 39.9 Å². The monoisotopic (exact) mass is 913 g/mol. The molecule has 4 heterocycles. The molecule has 2 aliphatic rings. The van der Waals surface area contributed by atoms with Crippen LogP contribution in [0.25, 0.3) is 33.6 Å². The molecule has 0 aliphatic carbocycles. The topological polar surface area (TPSA) is 56.9 Å². The van der Waals surface area contributed by atoms with Gasteiger partial charge in [0.05, 0.1) is 23.8 Å². The van der Waals surface area contributed by atoms with Gasteiger partial charge in [-0.15, -0.1) is 5.98 Å². The van der Waals surface area contributed by atoms with Gasteiger partial charge in [0.1, 0.15) is 0 Å². The van der Waals surface area contributed by atoms with E-state index in [2.05, 4.69) is 198 Å². The van der Waals surface area contributed by atoms with Gasteiger partial charge in [0.2, 0.25) is 6.71 Å². The average molecular weight is 915 g/mol. The van der Waals surface area contributed by atoms with E-state index in [0.717, 1.165) is 35.2 Å². The number of unbranched alkanes of at least 4 members (excludes halogenated alkanes) is 1. The van der Waals surface area contributed by atoms with Crippen LogP contribution in [0, 0.1) is 0 Å². The van der Waals surface area contributed by atoms with Crippen molar-refractivity contribution in [2.45, 2.75) is 105 Å². The number of hydrogen-bond acceptors (Lipinski definition) is 4. The zero-order chi connectivity index (χ0) is 45.6. The first-order valence-electron chi connectivity index (χ1n) is 23.2. The van der Waals surface area contributed by atoms with Gasteiger partial charge in [-0.25, -0.2) is 9.36 Å². The van der Waals surface area contributed by atoms with Crippen molar-refractivity contribution in [2.24, 2.45) is 0 Å². The molecule has 9 heteroatoms. The van der Waals surface area contributed by atoms with Crippen LogP contribution in [0.2, 0.25) is 6.32 Å². The highest BCUT2D eigenvalue weighted by atomic mass is 79.9. The van der Waals surface area contributed by atoms with Gasteiger partial charge in [-0.3, -0.25) is 0 Å². The molecule has 0 radical (unpaired) electrons. The molecule has 0 saturated heterocycles. The second kappa shape index (κ2) is 23.5. The summed E-state index contributed by atoms with van der Waals surface area (Å²) in [6.45, 7) is 21.5. The summed E-state index contributed by atoms with van der Waals surface area (Å²) < 4.78 is 10.5. The summed E-state index contributed by atoms with van der Waals surface area (Å²) in [5.74, 6) is 6.20. The summed E-state index contributed by atoms with van der Waals surface area (Å²) >= 11 is 3.53. The fraction of sp³-hybridized carbons (Fsp3) is 0.309. The van der Waals surface area contributed by atoms with Crippen molar-refractivity contribution in [1.82, 2.24) is 24.8 Å². The molecule has 1 N–H and O–H groups in total. The minimum Gasteiger partial charge on any atom is -0.413 e. The molecule has 0 spiro atoms. The molecule has 6 nitrogen and oxygen atoms in total. The Hall–Kier alpha value is -5.37. The molecule has 0 saturated carbocycles. The first-order chi connectivity index (χ1) is 30.9. The number of rotatable bonds is 13. The fourth-order valence-electron chi connectivity index (χ4n) is 8.18. The van der Waals surface area contributed by atoms with Crippen LogP contribution in [0.1, 0.15) is 121 Å². The third-order valence-corrected chi connectivity index (χ3v) is 12.1. The van der Waals surface area contributed by atoms with Crippen molar-refractivity contribution < 1.29 is 4.65 Å². The maximum Gasteiger partial charge on any atom is 0.441 e. The Morgan fingerprint density at radius 3 is 1.62 bits per heavy atom. The number of hydrogen-bond donors (Lipinski definition) is 1. The predicted molar refractivity (Wildman–Crippen MR) is 279 cm³/mol. The number of halogens is 1. The summed E-state index contributed by atoms with van der Waals surface area (Å²) in [6.07, 6.45) is 24.0. The van der Waals surface area contributed by atoms with Gasteiger partial charge in [-0.1, -0.05) is 175 Å². The minimum atomic E-state index is 0.0894. The lowest BCUT2D eigenvalue weighted by Gasteiger charge is -2.18. The molecule has 4 aromatic carbocycles. The molecule has 330 valence electrons. The van der Waals surface area contributed by atoms with Crippen molar-refractivity contribution >= 4 is 35.2 Å². The Morgan fingerprint density at radius 1 is 0.641 bits per heavy atom. The molecule has 2 aromatic heterocycles. The van der Waals surface area contributed by atoms with Crippen molar-refractivity contribution in [1.29, 1.82) is 0 Å². The van der Waals surface area contributed by atoms with Crippen molar-refractivity contribution in [3.05, 3.63) is 185 Å². The van der Waals surface area contributed by atoms with Crippen LogP contribution < -0.4 is 10.7 Å². The maximum atomic E-state index is 5.47. The maximum absolute atomic E-state index is 5.47. The molecule has 64 heavy (non-hydrogen) atoms. The number of nitrogens with zero attached hydrogens (tertiary/aromatic N) is 4. The molecule has 8 rings (SSSR count).